The number of nitrogens with two attached hydrogens (primary N) is 1. The Morgan fingerprint density at radius 1 is 1.16 bits per heavy atom. The van der Waals surface area contributed by atoms with Crippen molar-refractivity contribution in [2.45, 2.75) is 63.4 Å². The first-order valence-corrected chi connectivity index (χ1v) is 9.20. The van der Waals surface area contributed by atoms with Crippen molar-refractivity contribution in [1.82, 2.24) is 0 Å². The summed E-state index contributed by atoms with van der Waals surface area (Å²) in [6, 6.07) is -1.42. The van der Waals surface area contributed by atoms with E-state index in [4.69, 9.17) is 24.6 Å². The molecule has 12 heteroatoms. The quantitative estimate of drug-likeness (QED) is 0.264. The molecule has 8 unspecified atom stereocenters. The molecule has 1 aliphatic carbocycles. The molecule has 0 bridgehead atoms. The summed E-state index contributed by atoms with van der Waals surface area (Å²) in [5.41, 5.74) is 5.33. The summed E-state index contributed by atoms with van der Waals surface area (Å²) in [6.45, 7) is 3.87. The minimum Gasteiger partial charge on any atom is -0.480 e. The number of aliphatic hydroxyl groups excluding tert-OH is 3. The monoisotopic (exact) mass is 387 g/mol. The predicted molar refractivity (Wildman–Crippen MR) is 83.5 cm³/mol. The molecular formula is C13H26NO10P. The van der Waals surface area contributed by atoms with Gasteiger partial charge in [-0.05, 0) is 13.8 Å². The van der Waals surface area contributed by atoms with Gasteiger partial charge in [0, 0.05) is 5.92 Å². The smallest absolute Gasteiger partial charge is 0.472 e. The third-order valence-corrected chi connectivity index (χ3v) is 5.00. The van der Waals surface area contributed by atoms with Crippen LogP contribution in [0.4, 0.5) is 0 Å². The van der Waals surface area contributed by atoms with Crippen LogP contribution in [0.2, 0.25) is 0 Å². The van der Waals surface area contributed by atoms with Gasteiger partial charge in [0.1, 0.15) is 30.5 Å². The van der Waals surface area contributed by atoms with Crippen molar-refractivity contribution in [3.63, 3.8) is 0 Å². The van der Waals surface area contributed by atoms with Gasteiger partial charge in [-0.3, -0.25) is 13.8 Å². The third kappa shape index (κ3) is 5.95. The highest BCUT2D eigenvalue weighted by atomic mass is 31.2. The lowest BCUT2D eigenvalue weighted by molar-refractivity contribution is -0.213. The molecule has 0 heterocycles. The van der Waals surface area contributed by atoms with Gasteiger partial charge in [0.15, 0.2) is 0 Å². The van der Waals surface area contributed by atoms with Gasteiger partial charge < -0.3 is 35.8 Å². The number of aliphatic hydroxyl groups is 3. The fourth-order valence-corrected chi connectivity index (χ4v) is 3.68. The van der Waals surface area contributed by atoms with Crippen LogP contribution < -0.4 is 5.73 Å². The second-order valence-electron chi connectivity index (χ2n) is 6.27. The van der Waals surface area contributed by atoms with Gasteiger partial charge in [0.05, 0.1) is 18.8 Å². The minimum atomic E-state index is -4.56. The van der Waals surface area contributed by atoms with E-state index in [0.717, 1.165) is 0 Å². The Hall–Kier alpha value is -0.620. The number of hydrogen-bond acceptors (Lipinski definition) is 9. The number of aliphatic carboxylic acids is 1. The third-order valence-electron chi connectivity index (χ3n) is 3.80. The molecule has 1 aliphatic rings. The fourth-order valence-electron chi connectivity index (χ4n) is 2.48. The molecule has 0 aromatic heterocycles. The highest BCUT2D eigenvalue weighted by Crippen LogP contribution is 2.49. The summed E-state index contributed by atoms with van der Waals surface area (Å²) in [5.74, 6) is -2.28. The molecule has 8 atom stereocenters. The maximum atomic E-state index is 12.0. The molecule has 0 aromatic carbocycles. The first-order chi connectivity index (χ1) is 11.4. The summed E-state index contributed by atoms with van der Waals surface area (Å²) in [4.78, 5) is 20.6. The number of rotatable bonds is 8. The molecule has 1 saturated carbocycles. The first kappa shape index (κ1) is 22.4. The maximum Gasteiger partial charge on any atom is 0.472 e. The van der Waals surface area contributed by atoms with Crippen LogP contribution in [0, 0.1) is 5.92 Å². The number of phosphoric ester groups is 1. The Morgan fingerprint density at radius 3 is 2.20 bits per heavy atom. The van der Waals surface area contributed by atoms with Gasteiger partial charge in [-0.1, -0.05) is 6.92 Å². The molecule has 0 aliphatic heterocycles. The molecule has 1 rings (SSSR count). The van der Waals surface area contributed by atoms with Crippen LogP contribution in [0.25, 0.3) is 0 Å². The molecule has 1 fully saturated rings. The molecule has 0 amide bonds. The average molecular weight is 387 g/mol. The zero-order chi connectivity index (χ0) is 19.5. The van der Waals surface area contributed by atoms with E-state index in [-0.39, 0.29) is 0 Å². The molecular weight excluding hydrogens is 361 g/mol. The first-order valence-electron chi connectivity index (χ1n) is 7.71. The van der Waals surface area contributed by atoms with Crippen LogP contribution in [-0.2, 0) is 23.1 Å². The molecule has 25 heavy (non-hydrogen) atoms. The second-order valence-corrected chi connectivity index (χ2v) is 7.63. The summed E-state index contributed by atoms with van der Waals surface area (Å²) < 4.78 is 27.1. The van der Waals surface area contributed by atoms with Crippen LogP contribution in [0.5, 0.6) is 0 Å². The normalized spacial score (nSPS) is 36.8. The average Bonchev–Trinajstić information content (AvgIpc) is 2.48. The largest absolute Gasteiger partial charge is 0.480 e. The van der Waals surface area contributed by atoms with E-state index in [1.807, 2.05) is 0 Å². The number of carboxylic acid groups (broad SMARTS) is 1. The molecule has 7 N–H and O–H groups in total. The molecule has 148 valence electrons. The number of ether oxygens (including phenoxy) is 1. The molecule has 0 saturated heterocycles. The minimum absolute atomic E-state index is 0.548. The predicted octanol–water partition coefficient (Wildman–Crippen LogP) is -1.57. The summed E-state index contributed by atoms with van der Waals surface area (Å²) in [7, 11) is -4.56. The van der Waals surface area contributed by atoms with E-state index >= 15 is 0 Å². The SMILES string of the molecule is CC(C)OP(=O)(O)OC1C(C)C(O)C(O)C(O)C1OCC(N)C(=O)O. The maximum absolute atomic E-state index is 12.0. The van der Waals surface area contributed by atoms with Crippen molar-refractivity contribution in [1.29, 1.82) is 0 Å². The lowest BCUT2D eigenvalue weighted by atomic mass is 9.79. The number of carboxylic acids is 1. The van der Waals surface area contributed by atoms with Crippen LogP contribution in [0.3, 0.4) is 0 Å². The van der Waals surface area contributed by atoms with Gasteiger partial charge in [-0.2, -0.15) is 0 Å². The molecule has 0 aromatic rings. The van der Waals surface area contributed by atoms with Crippen LogP contribution in [0.1, 0.15) is 20.8 Å². The van der Waals surface area contributed by atoms with E-state index in [0.29, 0.717) is 0 Å². The fraction of sp³-hybridized carbons (Fsp3) is 0.923. The highest BCUT2D eigenvalue weighted by molar-refractivity contribution is 7.47. The van der Waals surface area contributed by atoms with Crippen molar-refractivity contribution in [3.05, 3.63) is 0 Å². The number of carbonyl (C=O) groups is 1. The lowest BCUT2D eigenvalue weighted by Crippen LogP contribution is -2.62. The van der Waals surface area contributed by atoms with Crippen LogP contribution >= 0.6 is 7.82 Å². The topological polar surface area (TPSA) is 189 Å². The zero-order valence-corrected chi connectivity index (χ0v) is 15.0. The lowest BCUT2D eigenvalue weighted by Gasteiger charge is -2.44. The Kier molecular flexibility index (Phi) is 7.94. The number of hydrogen-bond donors (Lipinski definition) is 6. The number of phosphoric acid groups is 1. The van der Waals surface area contributed by atoms with E-state index in [1.165, 1.54) is 20.8 Å². The van der Waals surface area contributed by atoms with E-state index in [2.05, 4.69) is 0 Å². The van der Waals surface area contributed by atoms with Crippen LogP contribution in [-0.4, -0.2) is 80.6 Å². The van der Waals surface area contributed by atoms with Gasteiger partial charge >= 0.3 is 13.8 Å². The van der Waals surface area contributed by atoms with Gasteiger partial charge in [0.25, 0.3) is 0 Å². The van der Waals surface area contributed by atoms with Crippen molar-refractivity contribution in [2.75, 3.05) is 6.61 Å². The van der Waals surface area contributed by atoms with E-state index in [1.54, 1.807) is 0 Å². The molecule has 0 spiro atoms. The van der Waals surface area contributed by atoms with Gasteiger partial charge in [-0.15, -0.1) is 0 Å². The van der Waals surface area contributed by atoms with Crippen molar-refractivity contribution in [3.8, 4) is 0 Å². The molecule has 11 nitrogen and oxygen atoms in total. The summed E-state index contributed by atoms with van der Waals surface area (Å²) in [6.07, 6.45) is -8.19. The van der Waals surface area contributed by atoms with Crippen molar-refractivity contribution >= 4 is 13.8 Å². The standard InChI is InChI=1S/C13H26NO10P/c1-5(2)23-25(20,21)24-11-6(3)8(15)9(16)10(17)12(11)22-4-7(14)13(18)19/h5-12,15-17H,4,14H2,1-3H3,(H,18,19)(H,20,21). The highest BCUT2D eigenvalue weighted by Gasteiger charge is 2.51. The second kappa shape index (κ2) is 8.85. The summed E-state index contributed by atoms with van der Waals surface area (Å²) in [5, 5.41) is 38.7. The Morgan fingerprint density at radius 2 is 1.72 bits per heavy atom. The van der Waals surface area contributed by atoms with Crippen molar-refractivity contribution in [2.24, 2.45) is 11.7 Å². The Balaban J connectivity index is 2.99. The zero-order valence-electron chi connectivity index (χ0n) is 14.1. The van der Waals surface area contributed by atoms with Crippen molar-refractivity contribution < 1.29 is 48.5 Å². The van der Waals surface area contributed by atoms with Crippen LogP contribution in [0.15, 0.2) is 0 Å². The summed E-state index contributed by atoms with van der Waals surface area (Å²) >= 11 is 0. The molecule has 0 radical (unpaired) electrons. The van der Waals surface area contributed by atoms with E-state index in [9.17, 15) is 29.6 Å². The Bertz CT molecular complexity index is 503. The van der Waals surface area contributed by atoms with E-state index < -0.39 is 69.0 Å². The van der Waals surface area contributed by atoms with Gasteiger partial charge in [-0.25, -0.2) is 4.57 Å². The Labute approximate surface area is 144 Å². The van der Waals surface area contributed by atoms with Gasteiger partial charge in [0.2, 0.25) is 0 Å².